The van der Waals surface area contributed by atoms with E-state index >= 15 is 0 Å². The van der Waals surface area contributed by atoms with Crippen molar-refractivity contribution in [2.45, 2.75) is 0 Å². The molecule has 2 rings (SSSR count). The monoisotopic (exact) mass is 410 g/mol. The Hall–Kier alpha value is -2.09. The summed E-state index contributed by atoms with van der Waals surface area (Å²) in [6, 6.07) is 12.7. The van der Waals surface area contributed by atoms with Gasteiger partial charge in [-0.3, -0.25) is 4.79 Å². The first kappa shape index (κ1) is 16.3. The largest absolute Gasteiger partial charge is 0.493 e. The molecular weight excluding hydrogens is 395 g/mol. The average Bonchev–Trinajstić information content (AvgIpc) is 2.55. The van der Waals surface area contributed by atoms with Crippen molar-refractivity contribution in [2.24, 2.45) is 5.10 Å². The molecule has 0 radical (unpaired) electrons. The second kappa shape index (κ2) is 7.79. The minimum absolute atomic E-state index is 0.317. The lowest BCUT2D eigenvalue weighted by Gasteiger charge is -2.08. The van der Waals surface area contributed by atoms with E-state index in [0.717, 1.165) is 9.13 Å². The van der Waals surface area contributed by atoms with Crippen LogP contribution in [0, 0.1) is 3.57 Å². The molecule has 0 bridgehead atoms. The molecule has 0 aliphatic carbocycles. The molecule has 0 saturated heterocycles. The molecule has 1 N–H and O–H groups in total. The highest BCUT2D eigenvalue weighted by atomic mass is 127. The van der Waals surface area contributed by atoms with Gasteiger partial charge in [-0.05, 0) is 46.9 Å². The van der Waals surface area contributed by atoms with Gasteiger partial charge in [-0.2, -0.15) is 5.10 Å². The zero-order valence-electron chi connectivity index (χ0n) is 12.2. The third-order valence-corrected chi connectivity index (χ3v) is 3.90. The highest BCUT2D eigenvalue weighted by Crippen LogP contribution is 2.27. The van der Waals surface area contributed by atoms with Crippen molar-refractivity contribution in [3.63, 3.8) is 0 Å². The van der Waals surface area contributed by atoms with Gasteiger partial charge in [0, 0.05) is 14.7 Å². The minimum Gasteiger partial charge on any atom is -0.493 e. The van der Waals surface area contributed by atoms with Gasteiger partial charge >= 0.3 is 0 Å². The molecule has 114 valence electrons. The van der Waals surface area contributed by atoms with Crippen molar-refractivity contribution in [2.75, 3.05) is 14.2 Å². The van der Waals surface area contributed by atoms with Gasteiger partial charge in [0.2, 0.25) is 0 Å². The number of ether oxygens (including phenoxy) is 2. The summed E-state index contributed by atoms with van der Waals surface area (Å²) in [7, 11) is 3.07. The molecule has 0 saturated carbocycles. The molecule has 0 spiro atoms. The second-order valence-corrected chi connectivity index (χ2v) is 5.45. The van der Waals surface area contributed by atoms with Crippen molar-refractivity contribution in [3.05, 3.63) is 57.2 Å². The van der Waals surface area contributed by atoms with Gasteiger partial charge in [0.25, 0.3) is 5.91 Å². The fraction of sp³-hybridized carbons (Fsp3) is 0.125. The van der Waals surface area contributed by atoms with E-state index in [9.17, 15) is 4.79 Å². The third-order valence-electron chi connectivity index (χ3n) is 2.92. The Morgan fingerprint density at radius 1 is 1.14 bits per heavy atom. The van der Waals surface area contributed by atoms with Gasteiger partial charge < -0.3 is 9.47 Å². The van der Waals surface area contributed by atoms with Crippen LogP contribution in [0.25, 0.3) is 0 Å². The van der Waals surface area contributed by atoms with E-state index in [2.05, 4.69) is 33.1 Å². The fourth-order valence-corrected chi connectivity index (χ4v) is 2.31. The number of rotatable bonds is 5. The molecule has 0 aromatic heterocycles. The highest BCUT2D eigenvalue weighted by Gasteiger charge is 2.09. The molecule has 0 aliphatic heterocycles. The smallest absolute Gasteiger partial charge is 0.271 e. The Balaban J connectivity index is 2.08. The molecule has 0 unspecified atom stereocenters. The quantitative estimate of drug-likeness (QED) is 0.468. The first-order chi connectivity index (χ1) is 10.7. The Bertz CT molecular complexity index is 702. The number of carbonyl (C=O) groups excluding carboxylic acids is 1. The maximum atomic E-state index is 12.1. The van der Waals surface area contributed by atoms with Gasteiger partial charge in [-0.1, -0.05) is 18.2 Å². The Kier molecular flexibility index (Phi) is 5.76. The Labute approximate surface area is 142 Å². The number of hydrogen-bond donors (Lipinski definition) is 1. The first-order valence-electron chi connectivity index (χ1n) is 6.45. The third kappa shape index (κ3) is 3.97. The van der Waals surface area contributed by atoms with Gasteiger partial charge in [-0.15, -0.1) is 0 Å². The number of nitrogens with one attached hydrogen (secondary N) is 1. The van der Waals surface area contributed by atoms with Gasteiger partial charge in [0.05, 0.1) is 20.4 Å². The molecule has 0 heterocycles. The van der Waals surface area contributed by atoms with E-state index in [1.54, 1.807) is 31.5 Å². The van der Waals surface area contributed by atoms with Crippen LogP contribution >= 0.6 is 22.6 Å². The molecule has 0 atom stereocenters. The van der Waals surface area contributed by atoms with E-state index in [1.165, 1.54) is 7.11 Å². The minimum atomic E-state index is -0.317. The van der Waals surface area contributed by atoms with Gasteiger partial charge in [0.15, 0.2) is 11.5 Å². The molecule has 2 aromatic rings. The molecule has 6 heteroatoms. The summed E-state index contributed by atoms with van der Waals surface area (Å²) in [4.78, 5) is 12.1. The number of nitrogens with zero attached hydrogens (tertiary/aromatic N) is 1. The van der Waals surface area contributed by atoms with Crippen molar-refractivity contribution < 1.29 is 14.3 Å². The van der Waals surface area contributed by atoms with Crippen LogP contribution < -0.4 is 14.9 Å². The lowest BCUT2D eigenvalue weighted by molar-refractivity contribution is 0.0954. The van der Waals surface area contributed by atoms with E-state index in [-0.39, 0.29) is 5.91 Å². The SMILES string of the molecule is COc1ccc(C(=O)NN=Cc2ccccc2I)cc1OC. The summed E-state index contributed by atoms with van der Waals surface area (Å²) < 4.78 is 11.4. The summed E-state index contributed by atoms with van der Waals surface area (Å²) in [6.45, 7) is 0. The number of carbonyl (C=O) groups is 1. The van der Waals surface area contributed by atoms with Crippen LogP contribution in [-0.4, -0.2) is 26.3 Å². The summed E-state index contributed by atoms with van der Waals surface area (Å²) in [5.74, 6) is 0.751. The normalized spacial score (nSPS) is 10.5. The van der Waals surface area contributed by atoms with Crippen molar-refractivity contribution in [3.8, 4) is 11.5 Å². The lowest BCUT2D eigenvalue weighted by atomic mass is 10.2. The Morgan fingerprint density at radius 3 is 2.55 bits per heavy atom. The van der Waals surface area contributed by atoms with Crippen LogP contribution in [0.2, 0.25) is 0 Å². The van der Waals surface area contributed by atoms with Crippen LogP contribution in [-0.2, 0) is 0 Å². The average molecular weight is 410 g/mol. The molecule has 0 aliphatic rings. The molecule has 5 nitrogen and oxygen atoms in total. The topological polar surface area (TPSA) is 59.9 Å². The zero-order valence-corrected chi connectivity index (χ0v) is 14.3. The molecule has 22 heavy (non-hydrogen) atoms. The number of amides is 1. The summed E-state index contributed by atoms with van der Waals surface area (Å²) in [5, 5.41) is 3.98. The molecule has 0 fully saturated rings. The predicted octanol–water partition coefficient (Wildman–Crippen LogP) is 3.07. The lowest BCUT2D eigenvalue weighted by Crippen LogP contribution is -2.17. The van der Waals surface area contributed by atoms with Crippen LogP contribution in [0.3, 0.4) is 0 Å². The van der Waals surface area contributed by atoms with Crippen LogP contribution in [0.5, 0.6) is 11.5 Å². The maximum absolute atomic E-state index is 12.1. The van der Waals surface area contributed by atoms with Crippen molar-refractivity contribution >= 4 is 34.7 Å². The summed E-state index contributed by atoms with van der Waals surface area (Å²) in [6.07, 6.45) is 1.61. The maximum Gasteiger partial charge on any atom is 0.271 e. The van der Waals surface area contributed by atoms with E-state index < -0.39 is 0 Å². The molecular formula is C16H15IN2O3. The highest BCUT2D eigenvalue weighted by molar-refractivity contribution is 14.1. The van der Waals surface area contributed by atoms with Crippen molar-refractivity contribution in [1.82, 2.24) is 5.43 Å². The van der Waals surface area contributed by atoms with Gasteiger partial charge in [-0.25, -0.2) is 5.43 Å². The molecule has 2 aromatic carbocycles. The van der Waals surface area contributed by atoms with E-state index in [1.807, 2.05) is 24.3 Å². The van der Waals surface area contributed by atoms with Crippen LogP contribution in [0.15, 0.2) is 47.6 Å². The van der Waals surface area contributed by atoms with Crippen LogP contribution in [0.4, 0.5) is 0 Å². The summed E-state index contributed by atoms with van der Waals surface area (Å²) >= 11 is 2.21. The number of hydrazone groups is 1. The summed E-state index contributed by atoms with van der Waals surface area (Å²) in [5.41, 5.74) is 3.88. The second-order valence-electron chi connectivity index (χ2n) is 4.29. The number of halogens is 1. The van der Waals surface area contributed by atoms with E-state index in [0.29, 0.717) is 17.1 Å². The number of hydrogen-bond acceptors (Lipinski definition) is 4. The standard InChI is InChI=1S/C16H15IN2O3/c1-21-14-8-7-11(9-15(14)22-2)16(20)19-18-10-12-5-3-4-6-13(12)17/h3-10H,1-2H3,(H,19,20). The van der Waals surface area contributed by atoms with E-state index in [4.69, 9.17) is 9.47 Å². The molecule has 1 amide bonds. The first-order valence-corrected chi connectivity index (χ1v) is 7.53. The Morgan fingerprint density at radius 2 is 1.86 bits per heavy atom. The fourth-order valence-electron chi connectivity index (χ4n) is 1.78. The predicted molar refractivity (Wildman–Crippen MR) is 93.8 cm³/mol. The zero-order chi connectivity index (χ0) is 15.9. The number of benzene rings is 2. The van der Waals surface area contributed by atoms with Crippen molar-refractivity contribution in [1.29, 1.82) is 0 Å². The number of methoxy groups -OCH3 is 2. The van der Waals surface area contributed by atoms with Crippen LogP contribution in [0.1, 0.15) is 15.9 Å². The van der Waals surface area contributed by atoms with Gasteiger partial charge in [0.1, 0.15) is 0 Å².